The van der Waals surface area contributed by atoms with E-state index in [4.69, 9.17) is 4.74 Å². The standard InChI is InChI=1S/C23H26FNO3/c1-3-16-7-9-17(10-8-16)22(27)25-23(13-5-4-6-14-23)21(26)19-15-18(24)11-12-20(19)28-2/h7-12,15H,3-6,13-14H2,1-2H3,(H,25,27). The van der Waals surface area contributed by atoms with Crippen LogP contribution in [0.1, 0.15) is 65.3 Å². The van der Waals surface area contributed by atoms with E-state index in [1.165, 1.54) is 25.3 Å². The second kappa shape index (κ2) is 8.55. The van der Waals surface area contributed by atoms with Crippen molar-refractivity contribution in [3.63, 3.8) is 0 Å². The van der Waals surface area contributed by atoms with Crippen LogP contribution in [-0.2, 0) is 6.42 Å². The van der Waals surface area contributed by atoms with Crippen molar-refractivity contribution < 1.29 is 18.7 Å². The van der Waals surface area contributed by atoms with Crippen LogP contribution < -0.4 is 10.1 Å². The fourth-order valence-corrected chi connectivity index (χ4v) is 3.86. The molecule has 2 aromatic carbocycles. The maximum atomic E-state index is 13.8. The molecule has 28 heavy (non-hydrogen) atoms. The molecule has 0 radical (unpaired) electrons. The Morgan fingerprint density at radius 3 is 2.36 bits per heavy atom. The number of carbonyl (C=O) groups is 2. The van der Waals surface area contributed by atoms with Crippen LogP contribution >= 0.6 is 0 Å². The minimum Gasteiger partial charge on any atom is -0.496 e. The third-order valence-corrected chi connectivity index (χ3v) is 5.53. The molecule has 0 spiro atoms. The summed E-state index contributed by atoms with van der Waals surface area (Å²) in [6.07, 6.45) is 4.63. The molecule has 0 saturated heterocycles. The number of aryl methyl sites for hydroxylation is 1. The van der Waals surface area contributed by atoms with E-state index < -0.39 is 11.4 Å². The summed E-state index contributed by atoms with van der Waals surface area (Å²) < 4.78 is 19.1. The Morgan fingerprint density at radius 1 is 1.07 bits per heavy atom. The van der Waals surface area contributed by atoms with Crippen LogP contribution in [0, 0.1) is 5.82 Å². The van der Waals surface area contributed by atoms with Crippen molar-refractivity contribution in [3.8, 4) is 5.75 Å². The highest BCUT2D eigenvalue weighted by atomic mass is 19.1. The molecule has 148 valence electrons. The molecule has 1 amide bonds. The summed E-state index contributed by atoms with van der Waals surface area (Å²) in [6, 6.07) is 11.3. The first-order valence-corrected chi connectivity index (χ1v) is 9.79. The quantitative estimate of drug-likeness (QED) is 0.735. The first-order chi connectivity index (χ1) is 13.5. The Hall–Kier alpha value is -2.69. The predicted octanol–water partition coefficient (Wildman–Crippen LogP) is 4.71. The van der Waals surface area contributed by atoms with Crippen LogP contribution in [0.15, 0.2) is 42.5 Å². The monoisotopic (exact) mass is 383 g/mol. The number of hydrogen-bond acceptors (Lipinski definition) is 3. The minimum absolute atomic E-state index is 0.172. The van der Waals surface area contributed by atoms with Crippen LogP contribution in [0.5, 0.6) is 5.75 Å². The van der Waals surface area contributed by atoms with Gasteiger partial charge in [0.2, 0.25) is 0 Å². The Morgan fingerprint density at radius 2 is 1.75 bits per heavy atom. The van der Waals surface area contributed by atoms with Crippen LogP contribution in [0.3, 0.4) is 0 Å². The molecule has 1 aliphatic carbocycles. The molecule has 4 nitrogen and oxygen atoms in total. The summed E-state index contributed by atoms with van der Waals surface area (Å²) in [5.41, 5.74) is 0.788. The van der Waals surface area contributed by atoms with Gasteiger partial charge in [-0.3, -0.25) is 9.59 Å². The van der Waals surface area contributed by atoms with E-state index in [0.717, 1.165) is 31.2 Å². The number of carbonyl (C=O) groups excluding carboxylic acids is 2. The normalized spacial score (nSPS) is 15.7. The second-order valence-electron chi connectivity index (χ2n) is 7.32. The van der Waals surface area contributed by atoms with Crippen molar-refractivity contribution in [1.82, 2.24) is 5.32 Å². The molecule has 1 N–H and O–H groups in total. The number of rotatable bonds is 6. The smallest absolute Gasteiger partial charge is 0.252 e. The molecule has 1 saturated carbocycles. The molecule has 0 bridgehead atoms. The molecule has 0 heterocycles. The van der Waals surface area contributed by atoms with E-state index >= 15 is 0 Å². The van der Waals surface area contributed by atoms with E-state index in [1.807, 2.05) is 12.1 Å². The second-order valence-corrected chi connectivity index (χ2v) is 7.32. The summed E-state index contributed by atoms with van der Waals surface area (Å²) in [5, 5.41) is 2.99. The first kappa shape index (κ1) is 20.1. The fourth-order valence-electron chi connectivity index (χ4n) is 3.86. The van der Waals surface area contributed by atoms with E-state index in [9.17, 15) is 14.0 Å². The average molecular weight is 383 g/mol. The van der Waals surface area contributed by atoms with Crippen molar-refractivity contribution in [2.45, 2.75) is 51.0 Å². The van der Waals surface area contributed by atoms with Gasteiger partial charge in [0, 0.05) is 5.56 Å². The number of benzene rings is 2. The zero-order chi connectivity index (χ0) is 20.1. The molecule has 0 aromatic heterocycles. The molecule has 0 aliphatic heterocycles. The van der Waals surface area contributed by atoms with Crippen molar-refractivity contribution in [2.75, 3.05) is 7.11 Å². The van der Waals surface area contributed by atoms with Gasteiger partial charge in [0.25, 0.3) is 5.91 Å². The number of methoxy groups -OCH3 is 1. The maximum absolute atomic E-state index is 13.8. The van der Waals surface area contributed by atoms with Gasteiger partial charge in [-0.2, -0.15) is 0 Å². The van der Waals surface area contributed by atoms with Gasteiger partial charge in [0.05, 0.1) is 12.7 Å². The fraction of sp³-hybridized carbons (Fsp3) is 0.391. The highest BCUT2D eigenvalue weighted by Gasteiger charge is 2.42. The Balaban J connectivity index is 1.93. The zero-order valence-electron chi connectivity index (χ0n) is 16.4. The number of ketones is 1. The number of hydrogen-bond donors (Lipinski definition) is 1. The largest absolute Gasteiger partial charge is 0.496 e. The Labute approximate surface area is 165 Å². The number of ether oxygens (including phenoxy) is 1. The molecule has 3 rings (SSSR count). The van der Waals surface area contributed by atoms with E-state index in [0.29, 0.717) is 24.2 Å². The predicted molar refractivity (Wildman–Crippen MR) is 106 cm³/mol. The third kappa shape index (κ3) is 4.08. The lowest BCUT2D eigenvalue weighted by molar-refractivity contribution is 0.0711. The average Bonchev–Trinajstić information content (AvgIpc) is 2.73. The number of amides is 1. The lowest BCUT2D eigenvalue weighted by atomic mass is 9.76. The van der Waals surface area contributed by atoms with Gasteiger partial charge >= 0.3 is 0 Å². The van der Waals surface area contributed by atoms with Crippen LogP contribution in [0.2, 0.25) is 0 Å². The summed E-state index contributed by atoms with van der Waals surface area (Å²) in [5.74, 6) is -0.759. The van der Waals surface area contributed by atoms with E-state index in [-0.39, 0.29) is 17.3 Å². The van der Waals surface area contributed by atoms with Gasteiger partial charge in [-0.1, -0.05) is 38.3 Å². The topological polar surface area (TPSA) is 55.4 Å². The van der Waals surface area contributed by atoms with Gasteiger partial charge in [-0.05, 0) is 55.2 Å². The molecule has 0 atom stereocenters. The summed E-state index contributed by atoms with van der Waals surface area (Å²) in [4.78, 5) is 26.4. The van der Waals surface area contributed by atoms with Gasteiger partial charge < -0.3 is 10.1 Å². The molecule has 0 unspecified atom stereocenters. The number of Topliss-reactive ketones (excluding diaryl/α,β-unsaturated/α-hetero) is 1. The summed E-state index contributed by atoms with van der Waals surface area (Å²) in [6.45, 7) is 2.05. The van der Waals surface area contributed by atoms with Gasteiger partial charge in [-0.15, -0.1) is 0 Å². The number of halogens is 1. The third-order valence-electron chi connectivity index (χ3n) is 5.53. The van der Waals surface area contributed by atoms with Crippen molar-refractivity contribution in [1.29, 1.82) is 0 Å². The molecule has 5 heteroatoms. The van der Waals surface area contributed by atoms with E-state index in [2.05, 4.69) is 12.2 Å². The van der Waals surface area contributed by atoms with E-state index in [1.54, 1.807) is 12.1 Å². The SMILES string of the molecule is CCc1ccc(C(=O)NC2(C(=O)c3cc(F)ccc3OC)CCCCC2)cc1. The molecule has 2 aromatic rings. The molecular weight excluding hydrogens is 357 g/mol. The molecule has 1 aliphatic rings. The maximum Gasteiger partial charge on any atom is 0.252 e. The zero-order valence-corrected chi connectivity index (χ0v) is 16.4. The van der Waals surface area contributed by atoms with Gasteiger partial charge in [-0.25, -0.2) is 4.39 Å². The van der Waals surface area contributed by atoms with Crippen molar-refractivity contribution in [3.05, 3.63) is 65.0 Å². The molecular formula is C23H26FNO3. The highest BCUT2D eigenvalue weighted by molar-refractivity contribution is 6.08. The first-order valence-electron chi connectivity index (χ1n) is 9.79. The Bertz CT molecular complexity index is 855. The summed E-state index contributed by atoms with van der Waals surface area (Å²) >= 11 is 0. The van der Waals surface area contributed by atoms with Gasteiger partial charge in [0.15, 0.2) is 5.78 Å². The van der Waals surface area contributed by atoms with Crippen LogP contribution in [0.4, 0.5) is 4.39 Å². The summed E-state index contributed by atoms with van der Waals surface area (Å²) in [7, 11) is 1.45. The number of nitrogens with one attached hydrogen (secondary N) is 1. The lowest BCUT2D eigenvalue weighted by Crippen LogP contribution is -2.55. The van der Waals surface area contributed by atoms with Crippen LogP contribution in [0.25, 0.3) is 0 Å². The molecule has 1 fully saturated rings. The van der Waals surface area contributed by atoms with Gasteiger partial charge in [0.1, 0.15) is 17.1 Å². The van der Waals surface area contributed by atoms with Crippen molar-refractivity contribution in [2.24, 2.45) is 0 Å². The highest BCUT2D eigenvalue weighted by Crippen LogP contribution is 2.34. The van der Waals surface area contributed by atoms with Crippen LogP contribution in [-0.4, -0.2) is 24.3 Å². The van der Waals surface area contributed by atoms with Crippen molar-refractivity contribution >= 4 is 11.7 Å². The lowest BCUT2D eigenvalue weighted by Gasteiger charge is -2.37. The minimum atomic E-state index is -1.04. The Kier molecular flexibility index (Phi) is 6.12.